The topological polar surface area (TPSA) is 58.6 Å². The van der Waals surface area contributed by atoms with E-state index in [0.29, 0.717) is 23.3 Å². The predicted octanol–water partition coefficient (Wildman–Crippen LogP) is 3.57. The Kier molecular flexibility index (Phi) is 6.87. The fourth-order valence-electron chi connectivity index (χ4n) is 2.44. The van der Waals surface area contributed by atoms with Crippen molar-refractivity contribution >= 4 is 31.6 Å². The molecule has 0 heterocycles. The van der Waals surface area contributed by atoms with Crippen molar-refractivity contribution in [2.75, 3.05) is 31.6 Å². The molecule has 25 heavy (non-hydrogen) atoms. The summed E-state index contributed by atoms with van der Waals surface area (Å²) in [4.78, 5) is 2.34. The summed E-state index contributed by atoms with van der Waals surface area (Å²) in [6, 6.07) is 12.9. The minimum Gasteiger partial charge on any atom is -0.496 e. The second-order valence-electron chi connectivity index (χ2n) is 5.61. The van der Waals surface area contributed by atoms with E-state index in [9.17, 15) is 8.42 Å². The maximum atomic E-state index is 12.4. The summed E-state index contributed by atoms with van der Waals surface area (Å²) < 4.78 is 33.3. The molecule has 0 spiro atoms. The number of rotatable bonds is 8. The Morgan fingerprint density at radius 1 is 1.16 bits per heavy atom. The van der Waals surface area contributed by atoms with E-state index in [2.05, 4.69) is 44.6 Å². The lowest BCUT2D eigenvalue weighted by Crippen LogP contribution is -2.35. The first-order valence-electron chi connectivity index (χ1n) is 8.02. The third-order valence-electron chi connectivity index (χ3n) is 3.89. The predicted molar refractivity (Wildman–Crippen MR) is 105 cm³/mol. The van der Waals surface area contributed by atoms with Crippen molar-refractivity contribution in [3.63, 3.8) is 0 Å². The van der Waals surface area contributed by atoms with Crippen molar-refractivity contribution < 1.29 is 13.2 Å². The summed E-state index contributed by atoms with van der Waals surface area (Å²) in [5.41, 5.74) is 2.28. The highest BCUT2D eigenvalue weighted by Crippen LogP contribution is 2.27. The average Bonchev–Trinajstić information content (AvgIpc) is 2.59. The molecule has 0 radical (unpaired) electrons. The minimum atomic E-state index is -3.56. The number of nitrogens with zero attached hydrogens (tertiary/aromatic N) is 1. The van der Waals surface area contributed by atoms with Crippen molar-refractivity contribution in [3.05, 3.63) is 52.5 Å². The second kappa shape index (κ2) is 8.69. The zero-order valence-electron chi connectivity index (χ0n) is 14.6. The molecule has 2 rings (SSSR count). The minimum absolute atomic E-state index is 0.207. The lowest BCUT2D eigenvalue weighted by atomic mass is 10.2. The third-order valence-corrected chi connectivity index (χ3v) is 5.97. The van der Waals surface area contributed by atoms with Gasteiger partial charge in [-0.25, -0.2) is 13.1 Å². The molecule has 0 aromatic heterocycles. The van der Waals surface area contributed by atoms with E-state index in [4.69, 9.17) is 4.74 Å². The van der Waals surface area contributed by atoms with E-state index >= 15 is 0 Å². The number of anilines is 1. The highest BCUT2D eigenvalue weighted by molar-refractivity contribution is 9.10. The normalized spacial score (nSPS) is 11.4. The highest BCUT2D eigenvalue weighted by Gasteiger charge is 2.16. The Labute approximate surface area is 158 Å². The van der Waals surface area contributed by atoms with Crippen molar-refractivity contribution in [1.82, 2.24) is 4.72 Å². The molecule has 0 aliphatic carbocycles. The van der Waals surface area contributed by atoms with Gasteiger partial charge in [-0.3, -0.25) is 0 Å². The van der Waals surface area contributed by atoms with Crippen molar-refractivity contribution in [2.45, 2.75) is 18.7 Å². The smallest absolute Gasteiger partial charge is 0.240 e. The Bertz CT molecular complexity index is 808. The number of aryl methyl sites for hydroxylation is 1. The van der Waals surface area contributed by atoms with E-state index in [1.807, 2.05) is 19.1 Å². The maximum absolute atomic E-state index is 12.4. The first-order valence-corrected chi connectivity index (χ1v) is 10.3. The van der Waals surface area contributed by atoms with Gasteiger partial charge in [0.05, 0.1) is 16.5 Å². The van der Waals surface area contributed by atoms with Gasteiger partial charge in [-0.05, 0) is 60.1 Å². The standard InChI is InChI=1S/C18H23BrN2O3S/c1-4-21(15-7-5-14(2)6-8-15)12-11-20-25(22,23)16-9-10-18(24-3)17(19)13-16/h5-10,13,20H,4,11-12H2,1-3H3. The van der Waals surface area contributed by atoms with Crippen molar-refractivity contribution in [3.8, 4) is 5.75 Å². The monoisotopic (exact) mass is 426 g/mol. The summed E-state index contributed by atoms with van der Waals surface area (Å²) in [6.45, 7) is 5.82. The number of ether oxygens (including phenoxy) is 1. The van der Waals surface area contributed by atoms with Crippen LogP contribution < -0.4 is 14.4 Å². The lowest BCUT2D eigenvalue weighted by Gasteiger charge is -2.23. The lowest BCUT2D eigenvalue weighted by molar-refractivity contribution is 0.411. The Morgan fingerprint density at radius 3 is 2.40 bits per heavy atom. The number of sulfonamides is 1. The van der Waals surface area contributed by atoms with Crippen LogP contribution in [0, 0.1) is 6.92 Å². The maximum Gasteiger partial charge on any atom is 0.240 e. The van der Waals surface area contributed by atoms with Crippen LogP contribution in [-0.2, 0) is 10.0 Å². The van der Waals surface area contributed by atoms with Crippen molar-refractivity contribution in [1.29, 1.82) is 0 Å². The van der Waals surface area contributed by atoms with E-state index in [0.717, 1.165) is 12.2 Å². The second-order valence-corrected chi connectivity index (χ2v) is 8.23. The molecule has 0 amide bonds. The molecular weight excluding hydrogens is 404 g/mol. The van der Waals surface area contributed by atoms with Gasteiger partial charge >= 0.3 is 0 Å². The van der Waals surface area contributed by atoms with Gasteiger partial charge in [-0.1, -0.05) is 17.7 Å². The number of nitrogens with one attached hydrogen (secondary N) is 1. The summed E-state index contributed by atoms with van der Waals surface area (Å²) in [6.07, 6.45) is 0. The molecule has 0 aliphatic heterocycles. The molecule has 0 unspecified atom stereocenters. The molecule has 0 bridgehead atoms. The molecule has 0 saturated heterocycles. The van der Waals surface area contributed by atoms with Crippen LogP contribution >= 0.6 is 15.9 Å². The molecule has 2 aromatic carbocycles. The summed E-state index contributed by atoms with van der Waals surface area (Å²) in [5, 5.41) is 0. The van der Waals surface area contributed by atoms with Gasteiger partial charge < -0.3 is 9.64 Å². The van der Waals surface area contributed by atoms with E-state index < -0.39 is 10.0 Å². The first kappa shape index (κ1) is 19.8. The molecule has 5 nitrogen and oxygen atoms in total. The van der Waals surface area contributed by atoms with Crippen LogP contribution in [0.1, 0.15) is 12.5 Å². The van der Waals surface area contributed by atoms with Gasteiger partial charge in [0.2, 0.25) is 10.0 Å². The fraction of sp³-hybridized carbons (Fsp3) is 0.333. The van der Waals surface area contributed by atoms with Crippen LogP contribution in [0.15, 0.2) is 51.8 Å². The SMILES string of the molecule is CCN(CCNS(=O)(=O)c1ccc(OC)c(Br)c1)c1ccc(C)cc1. The van der Waals surface area contributed by atoms with E-state index in [1.165, 1.54) is 18.7 Å². The number of hydrogen-bond donors (Lipinski definition) is 1. The van der Waals surface area contributed by atoms with Gasteiger partial charge in [0.1, 0.15) is 5.75 Å². The van der Waals surface area contributed by atoms with Gasteiger partial charge in [-0.2, -0.15) is 0 Å². The number of methoxy groups -OCH3 is 1. The summed E-state index contributed by atoms with van der Waals surface area (Å²) in [5.74, 6) is 0.593. The Morgan fingerprint density at radius 2 is 1.84 bits per heavy atom. The van der Waals surface area contributed by atoms with Gasteiger partial charge in [0, 0.05) is 25.3 Å². The van der Waals surface area contributed by atoms with Crippen LogP contribution in [0.25, 0.3) is 0 Å². The molecular formula is C18H23BrN2O3S. The molecule has 0 saturated carbocycles. The molecule has 7 heteroatoms. The number of halogens is 1. The first-order chi connectivity index (χ1) is 11.9. The zero-order valence-corrected chi connectivity index (χ0v) is 17.0. The molecule has 0 fully saturated rings. The van der Waals surface area contributed by atoms with Gasteiger partial charge in [0.15, 0.2) is 0 Å². The molecule has 2 aromatic rings. The fourth-order valence-corrected chi connectivity index (χ4v) is 4.18. The van der Waals surface area contributed by atoms with Crippen LogP contribution in [-0.4, -0.2) is 35.2 Å². The van der Waals surface area contributed by atoms with Crippen molar-refractivity contribution in [2.24, 2.45) is 0 Å². The van der Waals surface area contributed by atoms with E-state index in [-0.39, 0.29) is 4.90 Å². The molecule has 1 N–H and O–H groups in total. The van der Waals surface area contributed by atoms with Crippen LogP contribution in [0.2, 0.25) is 0 Å². The number of likely N-dealkylation sites (N-methyl/N-ethyl adjacent to an activating group) is 1. The van der Waals surface area contributed by atoms with Gasteiger partial charge in [-0.15, -0.1) is 0 Å². The zero-order chi connectivity index (χ0) is 18.4. The number of hydrogen-bond acceptors (Lipinski definition) is 4. The quantitative estimate of drug-likeness (QED) is 0.700. The number of benzene rings is 2. The molecule has 136 valence electrons. The average molecular weight is 427 g/mol. The van der Waals surface area contributed by atoms with Crippen LogP contribution in [0.5, 0.6) is 5.75 Å². The summed E-state index contributed by atoms with van der Waals surface area (Å²) >= 11 is 3.31. The molecule has 0 aliphatic rings. The Balaban J connectivity index is 2.01. The Hall–Kier alpha value is -1.57. The highest BCUT2D eigenvalue weighted by atomic mass is 79.9. The summed E-state index contributed by atoms with van der Waals surface area (Å²) in [7, 11) is -2.02. The van der Waals surface area contributed by atoms with Crippen LogP contribution in [0.4, 0.5) is 5.69 Å². The molecule has 0 atom stereocenters. The van der Waals surface area contributed by atoms with E-state index in [1.54, 1.807) is 12.1 Å². The van der Waals surface area contributed by atoms with Crippen LogP contribution in [0.3, 0.4) is 0 Å². The third kappa shape index (κ3) is 5.20. The largest absolute Gasteiger partial charge is 0.496 e. The van der Waals surface area contributed by atoms with Gasteiger partial charge in [0.25, 0.3) is 0 Å².